The lowest BCUT2D eigenvalue weighted by atomic mass is 10.1. The predicted molar refractivity (Wildman–Crippen MR) is 53.2 cm³/mol. The molecule has 0 radical (unpaired) electrons. The summed E-state index contributed by atoms with van der Waals surface area (Å²) >= 11 is 0. The Morgan fingerprint density at radius 3 is 2.00 bits per heavy atom. The Morgan fingerprint density at radius 2 is 1.62 bits per heavy atom. The lowest BCUT2D eigenvalue weighted by Crippen LogP contribution is -1.95. The van der Waals surface area contributed by atoms with Gasteiger partial charge in [0.1, 0.15) is 5.75 Å². The Balaban J connectivity index is 3.05. The van der Waals surface area contributed by atoms with Gasteiger partial charge in [0, 0.05) is 7.11 Å². The van der Waals surface area contributed by atoms with Gasteiger partial charge in [-0.05, 0) is 30.5 Å². The van der Waals surface area contributed by atoms with Gasteiger partial charge in [0.25, 0.3) is 0 Å². The van der Waals surface area contributed by atoms with Crippen LogP contribution in [0.5, 0.6) is 5.75 Å². The molecule has 1 aromatic rings. The molecule has 2 heteroatoms. The van der Waals surface area contributed by atoms with Crippen LogP contribution >= 0.6 is 0 Å². The number of aryl methyl sites for hydroxylation is 2. The molecule has 0 aliphatic carbocycles. The molecule has 0 atom stereocenters. The fourth-order valence-corrected chi connectivity index (χ4v) is 1.61. The Hall–Kier alpha value is -1.02. The van der Waals surface area contributed by atoms with Gasteiger partial charge < -0.3 is 9.47 Å². The van der Waals surface area contributed by atoms with E-state index in [0.717, 1.165) is 16.9 Å². The topological polar surface area (TPSA) is 18.5 Å². The van der Waals surface area contributed by atoms with Crippen LogP contribution in [0.3, 0.4) is 0 Å². The van der Waals surface area contributed by atoms with Crippen LogP contribution in [-0.4, -0.2) is 14.2 Å². The van der Waals surface area contributed by atoms with Crippen LogP contribution in [0.1, 0.15) is 16.7 Å². The standard InChI is InChI=1S/C11H16O2/c1-8-5-10(7-12-3)6-9(2)11(8)13-4/h5-6H,7H2,1-4H3. The third-order valence-electron chi connectivity index (χ3n) is 2.04. The molecule has 72 valence electrons. The van der Waals surface area contributed by atoms with Crippen molar-refractivity contribution in [1.29, 1.82) is 0 Å². The van der Waals surface area contributed by atoms with Gasteiger partial charge >= 0.3 is 0 Å². The van der Waals surface area contributed by atoms with Crippen LogP contribution in [0.15, 0.2) is 12.1 Å². The average molecular weight is 180 g/mol. The number of hydrogen-bond donors (Lipinski definition) is 0. The van der Waals surface area contributed by atoms with Crippen LogP contribution in [0.4, 0.5) is 0 Å². The monoisotopic (exact) mass is 180 g/mol. The van der Waals surface area contributed by atoms with Gasteiger partial charge in [-0.15, -0.1) is 0 Å². The summed E-state index contributed by atoms with van der Waals surface area (Å²) in [5.41, 5.74) is 3.52. The van der Waals surface area contributed by atoms with Crippen molar-refractivity contribution in [2.75, 3.05) is 14.2 Å². The molecule has 0 saturated heterocycles. The minimum atomic E-state index is 0.658. The Bertz CT molecular complexity index is 269. The second kappa shape index (κ2) is 4.28. The summed E-state index contributed by atoms with van der Waals surface area (Å²) in [6, 6.07) is 4.19. The maximum atomic E-state index is 5.27. The lowest BCUT2D eigenvalue weighted by molar-refractivity contribution is 0.184. The molecule has 0 aromatic heterocycles. The van der Waals surface area contributed by atoms with Crippen molar-refractivity contribution >= 4 is 0 Å². The summed E-state index contributed by atoms with van der Waals surface area (Å²) in [5, 5.41) is 0. The zero-order valence-corrected chi connectivity index (χ0v) is 8.68. The summed E-state index contributed by atoms with van der Waals surface area (Å²) in [6.07, 6.45) is 0. The molecule has 0 aliphatic rings. The second-order valence-electron chi connectivity index (χ2n) is 3.20. The molecule has 0 fully saturated rings. The van der Waals surface area contributed by atoms with E-state index in [1.807, 2.05) is 13.8 Å². The molecular formula is C11H16O2. The first-order chi connectivity index (χ1) is 6.19. The molecule has 0 amide bonds. The van der Waals surface area contributed by atoms with E-state index in [1.165, 1.54) is 5.56 Å². The Kier molecular flexibility index (Phi) is 3.32. The molecule has 13 heavy (non-hydrogen) atoms. The zero-order chi connectivity index (χ0) is 9.84. The highest BCUT2D eigenvalue weighted by Gasteiger charge is 2.04. The normalized spacial score (nSPS) is 10.2. The predicted octanol–water partition coefficient (Wildman–Crippen LogP) is 2.46. The highest BCUT2D eigenvalue weighted by molar-refractivity contribution is 5.43. The van der Waals surface area contributed by atoms with E-state index >= 15 is 0 Å². The molecule has 0 spiro atoms. The first-order valence-electron chi connectivity index (χ1n) is 4.32. The van der Waals surface area contributed by atoms with Crippen molar-refractivity contribution in [3.63, 3.8) is 0 Å². The third-order valence-corrected chi connectivity index (χ3v) is 2.04. The quantitative estimate of drug-likeness (QED) is 0.711. The van der Waals surface area contributed by atoms with Crippen LogP contribution < -0.4 is 4.74 Å². The van der Waals surface area contributed by atoms with E-state index in [4.69, 9.17) is 9.47 Å². The van der Waals surface area contributed by atoms with Gasteiger partial charge in [-0.25, -0.2) is 0 Å². The number of methoxy groups -OCH3 is 2. The van der Waals surface area contributed by atoms with Crippen molar-refractivity contribution in [3.8, 4) is 5.75 Å². The maximum Gasteiger partial charge on any atom is 0.124 e. The molecule has 0 unspecified atom stereocenters. The summed E-state index contributed by atoms with van der Waals surface area (Å²) in [7, 11) is 3.40. The molecule has 1 rings (SSSR count). The van der Waals surface area contributed by atoms with Gasteiger partial charge in [-0.1, -0.05) is 12.1 Å². The summed E-state index contributed by atoms with van der Waals surface area (Å²) in [5.74, 6) is 0.972. The SMILES string of the molecule is COCc1cc(C)c(OC)c(C)c1. The fourth-order valence-electron chi connectivity index (χ4n) is 1.61. The second-order valence-corrected chi connectivity index (χ2v) is 3.20. The van der Waals surface area contributed by atoms with Gasteiger partial charge in [0.2, 0.25) is 0 Å². The van der Waals surface area contributed by atoms with E-state index in [1.54, 1.807) is 14.2 Å². The number of ether oxygens (including phenoxy) is 2. The van der Waals surface area contributed by atoms with Gasteiger partial charge in [0.15, 0.2) is 0 Å². The van der Waals surface area contributed by atoms with Crippen LogP contribution in [0.25, 0.3) is 0 Å². The van der Waals surface area contributed by atoms with E-state index in [-0.39, 0.29) is 0 Å². The maximum absolute atomic E-state index is 5.27. The zero-order valence-electron chi connectivity index (χ0n) is 8.68. The van der Waals surface area contributed by atoms with Crippen molar-refractivity contribution in [3.05, 3.63) is 28.8 Å². The van der Waals surface area contributed by atoms with Gasteiger partial charge in [-0.2, -0.15) is 0 Å². The third kappa shape index (κ3) is 2.22. The van der Waals surface area contributed by atoms with Crippen molar-refractivity contribution in [2.24, 2.45) is 0 Å². The first-order valence-corrected chi connectivity index (χ1v) is 4.32. The highest BCUT2D eigenvalue weighted by Crippen LogP contribution is 2.24. The molecule has 1 aromatic carbocycles. The molecule has 0 bridgehead atoms. The minimum Gasteiger partial charge on any atom is -0.496 e. The van der Waals surface area contributed by atoms with Crippen LogP contribution in [0, 0.1) is 13.8 Å². The van der Waals surface area contributed by atoms with E-state index in [0.29, 0.717) is 6.61 Å². The smallest absolute Gasteiger partial charge is 0.124 e. The summed E-state index contributed by atoms with van der Waals surface area (Å²) in [4.78, 5) is 0. The number of rotatable bonds is 3. The summed E-state index contributed by atoms with van der Waals surface area (Å²) < 4.78 is 10.3. The van der Waals surface area contributed by atoms with Gasteiger partial charge in [0.05, 0.1) is 13.7 Å². The molecule has 0 saturated carbocycles. The fraction of sp³-hybridized carbons (Fsp3) is 0.455. The molecule has 2 nitrogen and oxygen atoms in total. The number of benzene rings is 1. The molecule has 0 heterocycles. The summed E-state index contributed by atoms with van der Waals surface area (Å²) in [6.45, 7) is 4.75. The van der Waals surface area contributed by atoms with Crippen molar-refractivity contribution < 1.29 is 9.47 Å². The van der Waals surface area contributed by atoms with Crippen molar-refractivity contribution in [1.82, 2.24) is 0 Å². The average Bonchev–Trinajstić information content (AvgIpc) is 2.04. The molecular weight excluding hydrogens is 164 g/mol. The Morgan fingerprint density at radius 1 is 1.08 bits per heavy atom. The van der Waals surface area contributed by atoms with Crippen molar-refractivity contribution in [2.45, 2.75) is 20.5 Å². The lowest BCUT2D eigenvalue weighted by Gasteiger charge is -2.10. The van der Waals surface area contributed by atoms with E-state index in [9.17, 15) is 0 Å². The first kappa shape index (κ1) is 10.1. The largest absolute Gasteiger partial charge is 0.496 e. The Labute approximate surface area is 79.5 Å². The molecule has 0 N–H and O–H groups in total. The molecule has 0 aliphatic heterocycles. The highest BCUT2D eigenvalue weighted by atomic mass is 16.5. The van der Waals surface area contributed by atoms with Gasteiger partial charge in [-0.3, -0.25) is 0 Å². The van der Waals surface area contributed by atoms with E-state index in [2.05, 4.69) is 12.1 Å². The van der Waals surface area contributed by atoms with Crippen LogP contribution in [0.2, 0.25) is 0 Å². The minimum absolute atomic E-state index is 0.658. The van der Waals surface area contributed by atoms with Crippen LogP contribution in [-0.2, 0) is 11.3 Å². The number of hydrogen-bond acceptors (Lipinski definition) is 2. The van der Waals surface area contributed by atoms with E-state index < -0.39 is 0 Å².